The topological polar surface area (TPSA) is 181 Å². The molecule has 67 heavy (non-hydrogen) atoms. The number of piperidine rings is 3. The van der Waals surface area contributed by atoms with Crippen molar-refractivity contribution in [2.75, 3.05) is 68.7 Å². The number of hydrogen-bond acceptors (Lipinski definition) is 13. The zero-order valence-corrected chi connectivity index (χ0v) is 41.6. The maximum atomic E-state index is 13.7. The number of likely N-dealkylation sites (tertiary alicyclic amines) is 1. The number of carbonyl (C=O) groups is 2. The smallest absolute Gasteiger partial charge is 0.329 e. The molecule has 18 heteroatoms. The standard InChI is InChI=1S/C49H59BrN11O5P/c1-7-41-51-28-32-34(53-41)13-14-35(44(32)67(5,6)65)54-45-33(50)29-52-47(57-45)55-36-26-30(2)39(27-40(36)66-4)60-24-19-49(20-25-60)17-22-59(23-18-49)21-9-11-31-10-8-12-37-43(31)58(3)48(64)61(37)38-15-16-42(62)56-46(38)63/h8,10,12-14,26-29,38H,7,9,11,15-25H2,1-6H3,(H,56,62,63)(H2,52,54,55,57). The predicted octanol–water partition coefficient (Wildman–Crippen LogP) is 7.74. The van der Waals surface area contributed by atoms with Crippen molar-refractivity contribution in [1.82, 2.24) is 39.3 Å². The number of carbonyl (C=O) groups excluding carboxylic acids is 2. The second kappa shape index (κ2) is 18.8. The largest absolute Gasteiger partial charge is 0.494 e. The van der Waals surface area contributed by atoms with Crippen molar-refractivity contribution in [1.29, 1.82) is 0 Å². The molecule has 6 aromatic rings. The quantitative estimate of drug-likeness (QED) is 0.0756. The first-order valence-corrected chi connectivity index (χ1v) is 26.6. The average molecular weight is 993 g/mol. The first kappa shape index (κ1) is 46.5. The van der Waals surface area contributed by atoms with Gasteiger partial charge in [-0.25, -0.2) is 19.7 Å². The Labute approximate surface area is 398 Å². The van der Waals surface area contributed by atoms with Crippen LogP contribution in [0.5, 0.6) is 5.75 Å². The van der Waals surface area contributed by atoms with E-state index in [0.29, 0.717) is 51.2 Å². The highest BCUT2D eigenvalue weighted by Crippen LogP contribution is 2.45. The number of imide groups is 1. The van der Waals surface area contributed by atoms with Gasteiger partial charge in [0.05, 0.1) is 39.5 Å². The highest BCUT2D eigenvalue weighted by molar-refractivity contribution is 9.10. The molecule has 3 aromatic heterocycles. The maximum absolute atomic E-state index is 13.7. The first-order chi connectivity index (χ1) is 32.1. The molecule has 352 valence electrons. The van der Waals surface area contributed by atoms with Crippen LogP contribution in [0.4, 0.5) is 28.8 Å². The molecule has 3 aliphatic rings. The molecule has 0 radical (unpaired) electrons. The molecule has 6 heterocycles. The van der Waals surface area contributed by atoms with Crippen molar-refractivity contribution >= 4 is 91.0 Å². The summed E-state index contributed by atoms with van der Waals surface area (Å²) < 4.78 is 23.5. The van der Waals surface area contributed by atoms with E-state index in [9.17, 15) is 18.9 Å². The Hall–Kier alpha value is -5.64. The van der Waals surface area contributed by atoms with Gasteiger partial charge >= 0.3 is 5.69 Å². The fraction of sp³-hybridized carbons (Fsp3) is 0.449. The van der Waals surface area contributed by atoms with Crippen LogP contribution < -0.4 is 36.6 Å². The molecule has 0 saturated carbocycles. The minimum absolute atomic E-state index is 0.222. The maximum Gasteiger partial charge on any atom is 0.329 e. The Bertz CT molecular complexity index is 3000. The number of ether oxygens (including phenoxy) is 1. The van der Waals surface area contributed by atoms with Gasteiger partial charge in [0.2, 0.25) is 17.8 Å². The van der Waals surface area contributed by atoms with Gasteiger partial charge < -0.3 is 29.7 Å². The van der Waals surface area contributed by atoms with Crippen molar-refractivity contribution in [2.45, 2.75) is 77.7 Å². The molecule has 9 rings (SSSR count). The summed E-state index contributed by atoms with van der Waals surface area (Å²) in [6.45, 7) is 12.8. The Balaban J connectivity index is 0.811. The molecule has 0 bridgehead atoms. The van der Waals surface area contributed by atoms with E-state index in [0.717, 1.165) is 109 Å². The highest BCUT2D eigenvalue weighted by Gasteiger charge is 2.38. The summed E-state index contributed by atoms with van der Waals surface area (Å²) in [5, 5.41) is 10.6. The number of imidazole rings is 1. The molecule has 2 amide bonds. The Morgan fingerprint density at radius 3 is 2.43 bits per heavy atom. The van der Waals surface area contributed by atoms with Crippen LogP contribution in [0.1, 0.15) is 74.9 Å². The van der Waals surface area contributed by atoms with Gasteiger partial charge in [-0.15, -0.1) is 0 Å². The lowest BCUT2D eigenvalue weighted by molar-refractivity contribution is -0.135. The molecule has 3 fully saturated rings. The lowest BCUT2D eigenvalue weighted by atomic mass is 9.71. The van der Waals surface area contributed by atoms with Crippen LogP contribution in [-0.2, 0) is 34.0 Å². The van der Waals surface area contributed by atoms with Crippen LogP contribution in [0, 0.1) is 12.3 Å². The molecule has 1 unspecified atom stereocenters. The van der Waals surface area contributed by atoms with Crippen LogP contribution in [0.2, 0.25) is 0 Å². The highest BCUT2D eigenvalue weighted by atomic mass is 79.9. The number of rotatable bonds is 13. The normalized spacial score (nSPS) is 17.9. The number of halogens is 1. The number of para-hydroxylation sites is 1. The van der Waals surface area contributed by atoms with Crippen molar-refractivity contribution in [3.63, 3.8) is 0 Å². The molecule has 3 aliphatic heterocycles. The lowest BCUT2D eigenvalue weighted by Crippen LogP contribution is -2.47. The van der Waals surface area contributed by atoms with Gasteiger partial charge in [-0.3, -0.25) is 24.0 Å². The van der Waals surface area contributed by atoms with Crippen molar-refractivity contribution < 1.29 is 18.9 Å². The number of aryl methyl sites for hydroxylation is 4. The second-order valence-corrected chi connectivity index (χ2v) is 22.8. The summed E-state index contributed by atoms with van der Waals surface area (Å²) in [4.78, 5) is 61.6. The molecule has 1 atom stereocenters. The van der Waals surface area contributed by atoms with Crippen LogP contribution in [-0.4, -0.2) is 98.9 Å². The fourth-order valence-corrected chi connectivity index (χ4v) is 12.2. The van der Waals surface area contributed by atoms with E-state index in [1.165, 1.54) is 12.8 Å². The minimum Gasteiger partial charge on any atom is -0.494 e. The Kier molecular flexibility index (Phi) is 13.0. The number of aromatic nitrogens is 6. The zero-order valence-electron chi connectivity index (χ0n) is 39.1. The van der Waals surface area contributed by atoms with E-state index in [2.05, 4.69) is 81.8 Å². The summed E-state index contributed by atoms with van der Waals surface area (Å²) in [7, 11) is 0.674. The summed E-state index contributed by atoms with van der Waals surface area (Å²) >= 11 is 3.61. The van der Waals surface area contributed by atoms with Gasteiger partial charge in [-0.1, -0.05) is 19.1 Å². The summed E-state index contributed by atoms with van der Waals surface area (Å²) in [6, 6.07) is 13.3. The fourth-order valence-electron chi connectivity index (χ4n) is 10.4. The monoisotopic (exact) mass is 991 g/mol. The number of fused-ring (bicyclic) bond motifs is 2. The average Bonchev–Trinajstić information content (AvgIpc) is 3.56. The van der Waals surface area contributed by atoms with Crippen molar-refractivity contribution in [3.8, 4) is 5.75 Å². The predicted molar refractivity (Wildman–Crippen MR) is 269 cm³/mol. The first-order valence-electron chi connectivity index (χ1n) is 23.2. The van der Waals surface area contributed by atoms with Crippen LogP contribution >= 0.6 is 23.1 Å². The summed E-state index contributed by atoms with van der Waals surface area (Å²) in [5.74, 6) is 1.62. The summed E-state index contributed by atoms with van der Waals surface area (Å²) in [5.41, 5.74) is 7.29. The molecule has 1 spiro atoms. The van der Waals surface area contributed by atoms with Crippen LogP contribution in [0.25, 0.3) is 21.9 Å². The molecule has 16 nitrogen and oxygen atoms in total. The Morgan fingerprint density at radius 1 is 0.955 bits per heavy atom. The van der Waals surface area contributed by atoms with Gasteiger partial charge in [-0.05, 0) is 142 Å². The van der Waals surface area contributed by atoms with E-state index < -0.39 is 19.1 Å². The number of nitrogens with one attached hydrogen (secondary N) is 3. The third-order valence-corrected chi connectivity index (χ3v) is 16.3. The minimum atomic E-state index is -2.78. The third kappa shape index (κ3) is 9.34. The molecule has 3 aromatic carbocycles. The van der Waals surface area contributed by atoms with E-state index in [-0.39, 0.29) is 18.0 Å². The number of hydrogen-bond donors (Lipinski definition) is 3. The second-order valence-electron chi connectivity index (χ2n) is 18.8. The molecule has 3 saturated heterocycles. The Morgan fingerprint density at radius 2 is 1.72 bits per heavy atom. The molecular formula is C49H59BrN11O5P. The van der Waals surface area contributed by atoms with Crippen molar-refractivity contribution in [3.05, 3.63) is 86.8 Å². The summed E-state index contributed by atoms with van der Waals surface area (Å²) in [6.07, 6.45) is 11.2. The molecular weight excluding hydrogens is 933 g/mol. The van der Waals surface area contributed by atoms with Crippen molar-refractivity contribution in [2.24, 2.45) is 12.5 Å². The number of methoxy groups -OCH3 is 1. The van der Waals surface area contributed by atoms with Crippen LogP contribution in [0.3, 0.4) is 0 Å². The van der Waals surface area contributed by atoms with E-state index >= 15 is 0 Å². The zero-order chi connectivity index (χ0) is 47.2. The molecule has 3 N–H and O–H groups in total. The van der Waals surface area contributed by atoms with Gasteiger partial charge in [-0.2, -0.15) is 4.98 Å². The van der Waals surface area contributed by atoms with Gasteiger partial charge in [0, 0.05) is 67.8 Å². The van der Waals surface area contributed by atoms with Crippen LogP contribution in [0.15, 0.2) is 64.1 Å². The van der Waals surface area contributed by atoms with E-state index in [1.807, 2.05) is 31.2 Å². The third-order valence-electron chi connectivity index (χ3n) is 14.1. The van der Waals surface area contributed by atoms with E-state index in [4.69, 9.17) is 9.72 Å². The number of amides is 2. The van der Waals surface area contributed by atoms with Gasteiger partial charge in [0.15, 0.2) is 0 Å². The number of benzene rings is 3. The number of nitrogens with zero attached hydrogens (tertiary/aromatic N) is 8. The molecule has 0 aliphatic carbocycles. The van der Waals surface area contributed by atoms with Gasteiger partial charge in [0.1, 0.15) is 30.6 Å². The SMILES string of the molecule is CCc1ncc2c(P(C)(C)=O)c(Nc3nc(Nc4cc(C)c(N5CCC6(CCN(CCCc7cccc8c7n(C)c(=O)n8C7CCC(=O)NC7=O)CC6)CC5)cc4OC)ncc3Br)ccc2n1. The number of anilines is 5. The lowest BCUT2D eigenvalue weighted by Gasteiger charge is -2.47. The van der Waals surface area contributed by atoms with E-state index in [1.54, 1.807) is 49.0 Å². The van der Waals surface area contributed by atoms with Gasteiger partial charge in [0.25, 0.3) is 0 Å².